The van der Waals surface area contributed by atoms with E-state index in [1.165, 1.54) is 0 Å². The molecule has 1 atom stereocenters. The van der Waals surface area contributed by atoms with Gasteiger partial charge in [0, 0.05) is 6.04 Å². The van der Waals surface area contributed by atoms with Gasteiger partial charge in [0.25, 0.3) is 0 Å². The molecule has 0 aromatic carbocycles. The zero-order valence-electron chi connectivity index (χ0n) is 12.0. The first-order valence-corrected chi connectivity index (χ1v) is 7.66. The molecule has 4 aliphatic rings. The van der Waals surface area contributed by atoms with Gasteiger partial charge in [-0.05, 0) is 74.2 Å². The molecule has 98 valence electrons. The van der Waals surface area contributed by atoms with Crippen LogP contribution in [0.15, 0.2) is 0 Å². The average molecular weight is 235 g/mol. The maximum atomic E-state index is 3.67. The molecule has 0 saturated heterocycles. The van der Waals surface area contributed by atoms with E-state index >= 15 is 0 Å². The van der Waals surface area contributed by atoms with Gasteiger partial charge in [0.2, 0.25) is 0 Å². The van der Waals surface area contributed by atoms with Gasteiger partial charge in [-0.1, -0.05) is 20.8 Å². The summed E-state index contributed by atoms with van der Waals surface area (Å²) in [7, 11) is 2.18. The highest BCUT2D eigenvalue weighted by Gasteiger charge is 2.51. The number of rotatable bonds is 2. The first-order chi connectivity index (χ1) is 7.99. The second-order valence-electron chi connectivity index (χ2n) is 8.14. The van der Waals surface area contributed by atoms with Gasteiger partial charge in [0.15, 0.2) is 0 Å². The van der Waals surface area contributed by atoms with Crippen LogP contribution in [-0.2, 0) is 0 Å². The summed E-state index contributed by atoms with van der Waals surface area (Å²) >= 11 is 0. The van der Waals surface area contributed by atoms with Gasteiger partial charge in [0.05, 0.1) is 0 Å². The Labute approximate surface area is 107 Å². The topological polar surface area (TPSA) is 12.0 Å². The Kier molecular flexibility index (Phi) is 2.81. The quantitative estimate of drug-likeness (QED) is 0.769. The van der Waals surface area contributed by atoms with Crippen molar-refractivity contribution in [2.75, 3.05) is 7.05 Å². The highest BCUT2D eigenvalue weighted by atomic mass is 14.9. The third-order valence-electron chi connectivity index (χ3n) is 5.93. The minimum absolute atomic E-state index is 0.411. The summed E-state index contributed by atoms with van der Waals surface area (Å²) in [6, 6.07) is 0.720. The van der Waals surface area contributed by atoms with Crippen molar-refractivity contribution in [1.82, 2.24) is 5.32 Å². The molecule has 0 radical (unpaired) electrons. The smallest absolute Gasteiger partial charge is 0.0146 e. The first kappa shape index (κ1) is 12.0. The normalized spacial score (nSPS) is 46.2. The van der Waals surface area contributed by atoms with Crippen LogP contribution in [0.2, 0.25) is 0 Å². The Balaban J connectivity index is 1.83. The maximum absolute atomic E-state index is 3.67. The molecule has 0 heterocycles. The summed E-state index contributed by atoms with van der Waals surface area (Å²) in [5.41, 5.74) is 0.411. The summed E-state index contributed by atoms with van der Waals surface area (Å²) < 4.78 is 0. The van der Waals surface area contributed by atoms with Gasteiger partial charge in [-0.25, -0.2) is 0 Å². The molecule has 1 heteroatoms. The molecule has 17 heavy (non-hydrogen) atoms. The second-order valence-corrected chi connectivity index (χ2v) is 8.14. The van der Waals surface area contributed by atoms with E-state index < -0.39 is 0 Å². The molecule has 4 aliphatic carbocycles. The summed E-state index contributed by atoms with van der Waals surface area (Å²) in [5.74, 6) is 5.26. The lowest BCUT2D eigenvalue weighted by Crippen LogP contribution is -2.56. The lowest BCUT2D eigenvalue weighted by Gasteiger charge is -2.58. The zero-order valence-corrected chi connectivity index (χ0v) is 12.0. The van der Waals surface area contributed by atoms with Crippen LogP contribution >= 0.6 is 0 Å². The average Bonchev–Trinajstić information content (AvgIpc) is 2.20. The van der Waals surface area contributed by atoms with Crippen molar-refractivity contribution in [3.05, 3.63) is 0 Å². The predicted octanol–water partition coefficient (Wildman–Crippen LogP) is 3.69. The van der Waals surface area contributed by atoms with Crippen LogP contribution in [0.4, 0.5) is 0 Å². The van der Waals surface area contributed by atoms with Crippen molar-refractivity contribution in [1.29, 1.82) is 0 Å². The predicted molar refractivity (Wildman–Crippen MR) is 72.8 cm³/mol. The summed E-state index contributed by atoms with van der Waals surface area (Å²) in [6.07, 6.45) is 7.76. The van der Waals surface area contributed by atoms with E-state index in [1.54, 1.807) is 32.1 Å². The maximum Gasteiger partial charge on any atom is 0.0146 e. The van der Waals surface area contributed by atoms with Gasteiger partial charge in [-0.15, -0.1) is 0 Å². The first-order valence-electron chi connectivity index (χ1n) is 7.66. The van der Waals surface area contributed by atoms with Crippen LogP contribution in [0.1, 0.15) is 52.9 Å². The third-order valence-corrected chi connectivity index (χ3v) is 5.93. The van der Waals surface area contributed by atoms with Crippen LogP contribution in [0.25, 0.3) is 0 Å². The molecule has 0 aromatic heterocycles. The van der Waals surface area contributed by atoms with Crippen molar-refractivity contribution >= 4 is 0 Å². The Morgan fingerprint density at radius 3 is 1.71 bits per heavy atom. The van der Waals surface area contributed by atoms with Crippen molar-refractivity contribution < 1.29 is 0 Å². The number of nitrogens with one attached hydrogen (secondary N) is 1. The highest BCUT2D eigenvalue weighted by molar-refractivity contribution is 5.03. The highest BCUT2D eigenvalue weighted by Crippen LogP contribution is 2.58. The molecule has 0 aromatic rings. The molecule has 4 fully saturated rings. The fraction of sp³-hybridized carbons (Fsp3) is 1.00. The molecule has 4 bridgehead atoms. The number of hydrogen-bond acceptors (Lipinski definition) is 1. The molecular weight excluding hydrogens is 206 g/mol. The minimum atomic E-state index is 0.411. The standard InChI is InChI=1S/C16H29N/c1-16(2,3)15(17-4)14-12-6-10-5-11(8-12)9-13(14)7-10/h10-15,17H,5-9H2,1-4H3. The molecule has 1 unspecified atom stereocenters. The molecule has 0 aliphatic heterocycles. The lowest BCUT2D eigenvalue weighted by molar-refractivity contribution is -0.0670. The Bertz CT molecular complexity index is 260. The Morgan fingerprint density at radius 2 is 1.35 bits per heavy atom. The fourth-order valence-electron chi connectivity index (χ4n) is 5.71. The van der Waals surface area contributed by atoms with Crippen LogP contribution in [0.5, 0.6) is 0 Å². The van der Waals surface area contributed by atoms with E-state index in [4.69, 9.17) is 0 Å². The fourth-order valence-corrected chi connectivity index (χ4v) is 5.71. The number of hydrogen-bond donors (Lipinski definition) is 1. The molecule has 4 saturated carbocycles. The third kappa shape index (κ3) is 1.95. The summed E-state index contributed by atoms with van der Waals surface area (Å²) in [4.78, 5) is 0. The van der Waals surface area contributed by atoms with E-state index in [2.05, 4.69) is 33.1 Å². The van der Waals surface area contributed by atoms with Gasteiger partial charge in [-0.3, -0.25) is 0 Å². The van der Waals surface area contributed by atoms with E-state index in [1.807, 2.05) is 0 Å². The zero-order chi connectivity index (χ0) is 12.2. The van der Waals surface area contributed by atoms with E-state index in [0.29, 0.717) is 5.41 Å². The molecular formula is C16H29N. The van der Waals surface area contributed by atoms with Crippen molar-refractivity contribution in [2.45, 2.75) is 58.9 Å². The van der Waals surface area contributed by atoms with Gasteiger partial charge < -0.3 is 5.32 Å². The van der Waals surface area contributed by atoms with E-state index in [0.717, 1.165) is 35.6 Å². The summed E-state index contributed by atoms with van der Waals surface area (Å²) in [5, 5.41) is 3.67. The SMILES string of the molecule is CNC(C1C2CC3CC(C2)CC1C3)C(C)(C)C. The van der Waals surface area contributed by atoms with Crippen molar-refractivity contribution in [3.63, 3.8) is 0 Å². The minimum Gasteiger partial charge on any atom is -0.316 e. The Hall–Kier alpha value is -0.0400. The van der Waals surface area contributed by atoms with Gasteiger partial charge >= 0.3 is 0 Å². The molecule has 1 N–H and O–H groups in total. The van der Waals surface area contributed by atoms with E-state index in [-0.39, 0.29) is 0 Å². The van der Waals surface area contributed by atoms with Crippen molar-refractivity contribution in [2.24, 2.45) is 35.0 Å². The van der Waals surface area contributed by atoms with Crippen molar-refractivity contribution in [3.8, 4) is 0 Å². The lowest BCUT2D eigenvalue weighted by atomic mass is 9.49. The second kappa shape index (κ2) is 3.98. The van der Waals surface area contributed by atoms with Gasteiger partial charge in [0.1, 0.15) is 0 Å². The van der Waals surface area contributed by atoms with E-state index in [9.17, 15) is 0 Å². The molecule has 1 nitrogen and oxygen atoms in total. The monoisotopic (exact) mass is 235 g/mol. The Morgan fingerprint density at radius 1 is 0.882 bits per heavy atom. The van der Waals surface area contributed by atoms with Crippen LogP contribution in [0.3, 0.4) is 0 Å². The van der Waals surface area contributed by atoms with Crippen LogP contribution in [-0.4, -0.2) is 13.1 Å². The summed E-state index contributed by atoms with van der Waals surface area (Å²) in [6.45, 7) is 7.25. The largest absolute Gasteiger partial charge is 0.316 e. The van der Waals surface area contributed by atoms with Crippen LogP contribution < -0.4 is 5.32 Å². The molecule has 4 rings (SSSR count). The van der Waals surface area contributed by atoms with Gasteiger partial charge in [-0.2, -0.15) is 0 Å². The molecule has 0 amide bonds. The van der Waals surface area contributed by atoms with Crippen LogP contribution in [0, 0.1) is 35.0 Å². The molecule has 0 spiro atoms.